The summed E-state index contributed by atoms with van der Waals surface area (Å²) in [6.07, 6.45) is 0.782. The van der Waals surface area contributed by atoms with Crippen LogP contribution in [0.1, 0.15) is 26.3 Å². The summed E-state index contributed by atoms with van der Waals surface area (Å²) in [5.41, 5.74) is 1.67. The molecule has 23 heavy (non-hydrogen) atoms. The van der Waals surface area contributed by atoms with E-state index < -0.39 is 0 Å². The lowest BCUT2D eigenvalue weighted by atomic mass is 9.81. The van der Waals surface area contributed by atoms with Crippen molar-refractivity contribution in [3.05, 3.63) is 33.7 Å². The Labute approximate surface area is 137 Å². The maximum absolute atomic E-state index is 12.6. The Morgan fingerprint density at radius 1 is 1.39 bits per heavy atom. The van der Waals surface area contributed by atoms with E-state index in [1.807, 2.05) is 16.7 Å². The summed E-state index contributed by atoms with van der Waals surface area (Å²) in [5.74, 6) is 0. The fraction of sp³-hybridized carbons (Fsp3) is 0.438. The summed E-state index contributed by atoms with van der Waals surface area (Å²) in [5, 5.41) is 9.78. The van der Waals surface area contributed by atoms with Gasteiger partial charge in [-0.3, -0.25) is 9.55 Å². The molecule has 1 N–H and O–H groups in total. The monoisotopic (exact) mass is 332 g/mol. The van der Waals surface area contributed by atoms with Crippen LogP contribution in [-0.4, -0.2) is 33.0 Å². The lowest BCUT2D eigenvalue weighted by molar-refractivity contribution is -0.0251. The molecule has 1 aliphatic heterocycles. The van der Waals surface area contributed by atoms with Crippen LogP contribution in [0.2, 0.25) is 5.02 Å². The van der Waals surface area contributed by atoms with Gasteiger partial charge in [0, 0.05) is 28.5 Å². The molecule has 1 atom stereocenters. The molecule has 3 aromatic rings. The topological polar surface area (TPSA) is 72.8 Å². The average molecular weight is 333 g/mol. The number of ether oxygens (including phenoxy) is 1. The van der Waals surface area contributed by atoms with E-state index in [-0.39, 0.29) is 17.1 Å². The molecule has 0 radical (unpaired) electrons. The van der Waals surface area contributed by atoms with Crippen molar-refractivity contribution in [3.8, 4) is 0 Å². The van der Waals surface area contributed by atoms with Crippen LogP contribution in [0.3, 0.4) is 0 Å². The van der Waals surface area contributed by atoms with Gasteiger partial charge in [0.1, 0.15) is 5.52 Å². The number of halogens is 1. The van der Waals surface area contributed by atoms with Crippen molar-refractivity contribution < 1.29 is 4.74 Å². The molecule has 0 amide bonds. The quantitative estimate of drug-likeness (QED) is 0.743. The van der Waals surface area contributed by atoms with Crippen molar-refractivity contribution in [1.29, 1.82) is 0 Å². The first kappa shape index (κ1) is 14.7. The van der Waals surface area contributed by atoms with Gasteiger partial charge in [-0.1, -0.05) is 25.4 Å². The first-order chi connectivity index (χ1) is 11.0. The number of H-pyrrole nitrogens is 1. The maximum atomic E-state index is 12.6. The van der Waals surface area contributed by atoms with Gasteiger partial charge >= 0.3 is 5.69 Å². The van der Waals surface area contributed by atoms with Crippen molar-refractivity contribution in [2.75, 3.05) is 13.2 Å². The molecular weight excluding hydrogens is 316 g/mol. The average Bonchev–Trinajstić information content (AvgIpc) is 2.83. The third-order valence-corrected chi connectivity index (χ3v) is 4.84. The van der Waals surface area contributed by atoms with Crippen molar-refractivity contribution in [1.82, 2.24) is 19.7 Å². The number of fused-ring (bicyclic) bond motifs is 3. The predicted octanol–water partition coefficient (Wildman–Crippen LogP) is 2.91. The molecule has 0 saturated carbocycles. The van der Waals surface area contributed by atoms with Crippen LogP contribution in [0, 0.1) is 5.41 Å². The minimum Gasteiger partial charge on any atom is -0.381 e. The van der Waals surface area contributed by atoms with Crippen molar-refractivity contribution in [3.63, 3.8) is 0 Å². The van der Waals surface area contributed by atoms with Gasteiger partial charge in [-0.25, -0.2) is 4.79 Å². The second-order valence-electron chi connectivity index (χ2n) is 6.70. The third kappa shape index (κ3) is 2.24. The first-order valence-electron chi connectivity index (χ1n) is 7.61. The summed E-state index contributed by atoms with van der Waals surface area (Å²) >= 11 is 6.15. The van der Waals surface area contributed by atoms with E-state index in [0.717, 1.165) is 22.8 Å². The van der Waals surface area contributed by atoms with Crippen LogP contribution in [0.25, 0.3) is 22.1 Å². The van der Waals surface area contributed by atoms with Crippen molar-refractivity contribution in [2.45, 2.75) is 26.3 Å². The maximum Gasteiger partial charge on any atom is 0.328 e. The van der Waals surface area contributed by atoms with Crippen molar-refractivity contribution in [2.24, 2.45) is 5.41 Å². The molecule has 1 saturated heterocycles. The molecule has 1 fully saturated rings. The highest BCUT2D eigenvalue weighted by molar-refractivity contribution is 6.31. The van der Waals surface area contributed by atoms with Gasteiger partial charge in [-0.05, 0) is 24.6 Å². The summed E-state index contributed by atoms with van der Waals surface area (Å²) in [6.45, 7) is 5.50. The Morgan fingerprint density at radius 3 is 3.00 bits per heavy atom. The molecular formula is C16H17ClN4O2. The van der Waals surface area contributed by atoms with Gasteiger partial charge in [0.15, 0.2) is 5.65 Å². The molecule has 2 aromatic heterocycles. The number of nitrogens with one attached hydrogen (secondary N) is 1. The number of nitrogens with zero attached hydrogens (tertiary/aromatic N) is 3. The molecule has 0 bridgehead atoms. The van der Waals surface area contributed by atoms with Gasteiger partial charge in [-0.2, -0.15) is 0 Å². The Bertz CT molecular complexity index is 960. The zero-order valence-corrected chi connectivity index (χ0v) is 13.7. The van der Waals surface area contributed by atoms with Crippen LogP contribution in [0.5, 0.6) is 0 Å². The van der Waals surface area contributed by atoms with Crippen LogP contribution >= 0.6 is 11.6 Å². The van der Waals surface area contributed by atoms with Crippen LogP contribution in [-0.2, 0) is 4.74 Å². The molecule has 4 rings (SSSR count). The van der Waals surface area contributed by atoms with E-state index in [9.17, 15) is 4.79 Å². The van der Waals surface area contributed by atoms with Crippen LogP contribution < -0.4 is 5.69 Å². The Morgan fingerprint density at radius 2 is 2.22 bits per heavy atom. The number of imidazole rings is 1. The SMILES string of the molecule is CC1(C)COCC[C@H]1n1c(=O)[nH]c2nnc3ccc(Cl)cc3c21. The van der Waals surface area contributed by atoms with Gasteiger partial charge in [0.25, 0.3) is 0 Å². The molecule has 6 nitrogen and oxygen atoms in total. The third-order valence-electron chi connectivity index (χ3n) is 4.60. The van der Waals surface area contributed by atoms with Gasteiger partial charge in [-0.15, -0.1) is 10.2 Å². The van der Waals surface area contributed by atoms with Gasteiger partial charge < -0.3 is 4.74 Å². The highest BCUT2D eigenvalue weighted by Crippen LogP contribution is 2.39. The fourth-order valence-corrected chi connectivity index (χ4v) is 3.62. The number of rotatable bonds is 1. The van der Waals surface area contributed by atoms with Gasteiger partial charge in [0.2, 0.25) is 0 Å². The number of aromatic amines is 1. The highest BCUT2D eigenvalue weighted by Gasteiger charge is 2.36. The summed E-state index contributed by atoms with van der Waals surface area (Å²) in [7, 11) is 0. The minimum absolute atomic E-state index is 0.0314. The molecule has 3 heterocycles. The second-order valence-corrected chi connectivity index (χ2v) is 7.14. The Kier molecular flexibility index (Phi) is 3.21. The first-order valence-corrected chi connectivity index (χ1v) is 7.99. The lowest BCUT2D eigenvalue weighted by Crippen LogP contribution is -2.40. The minimum atomic E-state index is -0.165. The van der Waals surface area contributed by atoms with E-state index in [4.69, 9.17) is 16.3 Å². The standard InChI is InChI=1S/C16H17ClN4O2/c1-16(2)8-23-6-5-12(16)21-13-10-7-9(17)3-4-11(10)19-20-14(13)18-15(21)22/h3-4,7,12H,5-6,8H2,1-2H3,(H,18,20,22)/t12-/m1/s1. The molecule has 0 spiro atoms. The molecule has 120 valence electrons. The predicted molar refractivity (Wildman–Crippen MR) is 88.9 cm³/mol. The smallest absolute Gasteiger partial charge is 0.328 e. The van der Waals surface area contributed by atoms with E-state index in [1.54, 1.807) is 6.07 Å². The van der Waals surface area contributed by atoms with Crippen LogP contribution in [0.4, 0.5) is 0 Å². The molecule has 0 unspecified atom stereocenters. The highest BCUT2D eigenvalue weighted by atomic mass is 35.5. The number of aromatic nitrogens is 4. The van der Waals surface area contributed by atoms with E-state index >= 15 is 0 Å². The zero-order chi connectivity index (χ0) is 16.2. The summed E-state index contributed by atoms with van der Waals surface area (Å²) < 4.78 is 7.41. The second kappa shape index (κ2) is 5.04. The van der Waals surface area contributed by atoms with Gasteiger partial charge in [0.05, 0.1) is 12.1 Å². The summed E-state index contributed by atoms with van der Waals surface area (Å²) in [4.78, 5) is 15.4. The van der Waals surface area contributed by atoms with E-state index in [2.05, 4.69) is 29.0 Å². The molecule has 1 aliphatic rings. The number of benzene rings is 1. The number of hydrogen-bond donors (Lipinski definition) is 1. The normalized spacial score (nSPS) is 21.1. The number of hydrogen-bond acceptors (Lipinski definition) is 4. The summed E-state index contributed by atoms with van der Waals surface area (Å²) in [6, 6.07) is 5.46. The van der Waals surface area contributed by atoms with E-state index in [1.165, 1.54) is 0 Å². The molecule has 1 aromatic carbocycles. The van der Waals surface area contributed by atoms with Crippen LogP contribution in [0.15, 0.2) is 23.0 Å². The van der Waals surface area contributed by atoms with Crippen molar-refractivity contribution >= 4 is 33.7 Å². The molecule has 0 aliphatic carbocycles. The largest absolute Gasteiger partial charge is 0.381 e. The lowest BCUT2D eigenvalue weighted by Gasteiger charge is -2.38. The zero-order valence-electron chi connectivity index (χ0n) is 13.0. The fourth-order valence-electron chi connectivity index (χ4n) is 3.45. The molecule has 7 heteroatoms. The van der Waals surface area contributed by atoms with E-state index in [0.29, 0.717) is 23.9 Å². The Hall–Kier alpha value is -1.92. The Balaban J connectivity index is 2.08.